The monoisotopic (exact) mass is 883 g/mol. The lowest BCUT2D eigenvalue weighted by Gasteiger charge is -2.67. The van der Waals surface area contributed by atoms with Gasteiger partial charge in [0.15, 0.2) is 18.2 Å². The smallest absolute Gasteiger partial charge is 0.338 e. The van der Waals surface area contributed by atoms with Crippen molar-refractivity contribution in [3.63, 3.8) is 0 Å². The number of aliphatic hydroxyl groups is 8. The molecule has 0 spiro atoms. The summed E-state index contributed by atoms with van der Waals surface area (Å²) in [6.07, 6.45) is -16.5. The molecule has 0 radical (unpaired) electrons. The Balaban J connectivity index is 1.18. The maximum atomic E-state index is 15.1. The Labute approximate surface area is 363 Å². The predicted molar refractivity (Wildman–Crippen MR) is 216 cm³/mol. The molecule has 0 aromatic heterocycles. The molecule has 7 rings (SSSR count). The molecule has 3 aliphatic carbocycles. The number of ketones is 1. The van der Waals surface area contributed by atoms with E-state index in [9.17, 15) is 55.2 Å². The van der Waals surface area contributed by atoms with E-state index in [0.717, 1.165) is 0 Å². The first-order chi connectivity index (χ1) is 29.6. The molecule has 2 saturated carbocycles. The van der Waals surface area contributed by atoms with Gasteiger partial charge >= 0.3 is 11.9 Å². The molecule has 2 heterocycles. The molecule has 2 aromatic rings. The molecule has 18 nitrogen and oxygen atoms in total. The van der Waals surface area contributed by atoms with Crippen molar-refractivity contribution in [1.29, 1.82) is 0 Å². The van der Waals surface area contributed by atoms with Crippen LogP contribution in [-0.4, -0.2) is 157 Å². The second kappa shape index (κ2) is 17.3. The maximum absolute atomic E-state index is 15.1. The predicted octanol–water partition coefficient (Wildman–Crippen LogP) is -0.628. The first-order valence-corrected chi connectivity index (χ1v) is 21.0. The lowest BCUT2D eigenvalue weighted by atomic mass is 9.42. The van der Waals surface area contributed by atoms with Crippen LogP contribution in [-0.2, 0) is 38.1 Å². The van der Waals surface area contributed by atoms with Gasteiger partial charge in [-0.3, -0.25) is 9.59 Å². The molecule has 1 amide bonds. The number of aliphatic hydroxyl groups excluding tert-OH is 6. The molecule has 344 valence electrons. The summed E-state index contributed by atoms with van der Waals surface area (Å²) < 4.78 is 28.4. The molecule has 2 saturated heterocycles. The molecule has 14 unspecified atom stereocenters. The third kappa shape index (κ3) is 7.71. The molecule has 18 heteroatoms. The summed E-state index contributed by atoms with van der Waals surface area (Å²) in [6.45, 7) is 5.96. The van der Waals surface area contributed by atoms with Crippen LogP contribution in [0.3, 0.4) is 0 Å². The van der Waals surface area contributed by atoms with Crippen molar-refractivity contribution in [2.75, 3.05) is 19.8 Å². The van der Waals surface area contributed by atoms with Gasteiger partial charge in [-0.25, -0.2) is 9.59 Å². The van der Waals surface area contributed by atoms with Crippen molar-refractivity contribution >= 4 is 23.6 Å². The Morgan fingerprint density at radius 2 is 1.56 bits per heavy atom. The zero-order valence-corrected chi connectivity index (χ0v) is 35.6. The Morgan fingerprint density at radius 1 is 0.921 bits per heavy atom. The Kier molecular flexibility index (Phi) is 12.9. The van der Waals surface area contributed by atoms with Crippen molar-refractivity contribution in [2.24, 2.45) is 22.7 Å². The molecule has 9 N–H and O–H groups in total. The standard InChI is InChI=1S/C45H57NO17/c1-21-25(61-40(56)34(51)31(23-12-8-6-9-13-23)46-39(55)24-14-10-7-11-15-24)17-45(58)22(2)37-43(5,38(54)33(50)30(21)42(45,3)4)27(16-28-44(37,57)20-60-28)63-29(48)19-59-41-36(53)35(52)32(49)26(18-47)62-41/h6-15,22,25-28,31-37,41,47,49-53,57-58H,16-20H2,1-5H3,(H,46,55)/t22?,25?,26?,27?,28?,31?,32?,33?,34?,35?,36?,37?,41?,43-,44+,45?/m1/s1. The van der Waals surface area contributed by atoms with Crippen LogP contribution in [0.4, 0.5) is 0 Å². The van der Waals surface area contributed by atoms with Gasteiger partial charge in [0.2, 0.25) is 0 Å². The van der Waals surface area contributed by atoms with Gasteiger partial charge in [-0.05, 0) is 48.6 Å². The van der Waals surface area contributed by atoms with Crippen LogP contribution >= 0.6 is 0 Å². The summed E-state index contributed by atoms with van der Waals surface area (Å²) in [5, 5.41) is 92.3. The minimum Gasteiger partial charge on any atom is -0.459 e. The fraction of sp³-hybridized carbons (Fsp3) is 0.600. The summed E-state index contributed by atoms with van der Waals surface area (Å²) in [4.78, 5) is 55.9. The van der Waals surface area contributed by atoms with Crippen molar-refractivity contribution in [3.05, 3.63) is 82.9 Å². The number of carbonyl (C=O) groups is 4. The first kappa shape index (κ1) is 46.8. The van der Waals surface area contributed by atoms with Gasteiger partial charge in [0.1, 0.15) is 54.9 Å². The first-order valence-electron chi connectivity index (χ1n) is 21.0. The van der Waals surface area contributed by atoms with Gasteiger partial charge in [0, 0.05) is 29.7 Å². The minimum atomic E-state index is -2.01. The second-order valence-corrected chi connectivity index (χ2v) is 18.3. The number of benzene rings is 2. The maximum Gasteiger partial charge on any atom is 0.338 e. The van der Waals surface area contributed by atoms with Crippen LogP contribution in [0.15, 0.2) is 71.8 Å². The topological polar surface area (TPSA) is 288 Å². The van der Waals surface area contributed by atoms with Crippen LogP contribution < -0.4 is 5.32 Å². The van der Waals surface area contributed by atoms with E-state index in [0.29, 0.717) is 5.56 Å². The van der Waals surface area contributed by atoms with Crippen LogP contribution in [0, 0.1) is 22.7 Å². The number of Topliss-reactive ketones (excluding diaryl/α,β-unsaturated/α-hetero) is 1. The van der Waals surface area contributed by atoms with E-state index in [1.165, 1.54) is 13.8 Å². The highest BCUT2D eigenvalue weighted by atomic mass is 16.7. The summed E-state index contributed by atoms with van der Waals surface area (Å²) >= 11 is 0. The van der Waals surface area contributed by atoms with Gasteiger partial charge in [-0.15, -0.1) is 0 Å². The molecule has 5 aliphatic rings. The molecule has 63 heavy (non-hydrogen) atoms. The van der Waals surface area contributed by atoms with Crippen molar-refractivity contribution in [3.8, 4) is 0 Å². The molecule has 2 bridgehead atoms. The number of amides is 1. The number of carbonyl (C=O) groups excluding carboxylic acids is 4. The summed E-state index contributed by atoms with van der Waals surface area (Å²) in [5.74, 6) is -6.01. The van der Waals surface area contributed by atoms with Crippen molar-refractivity contribution < 1.29 is 83.7 Å². The van der Waals surface area contributed by atoms with Gasteiger partial charge in [-0.1, -0.05) is 69.3 Å². The third-order valence-corrected chi connectivity index (χ3v) is 14.6. The van der Waals surface area contributed by atoms with E-state index in [-0.39, 0.29) is 36.2 Å². The number of hydrogen-bond acceptors (Lipinski definition) is 17. The Hall–Kier alpha value is -4.18. The summed E-state index contributed by atoms with van der Waals surface area (Å²) in [7, 11) is 0. The van der Waals surface area contributed by atoms with E-state index in [1.807, 2.05) is 0 Å². The quantitative estimate of drug-likeness (QED) is 0.100. The number of esters is 2. The molecular formula is C45H57NO17. The van der Waals surface area contributed by atoms with Crippen LogP contribution in [0.2, 0.25) is 0 Å². The van der Waals surface area contributed by atoms with E-state index in [4.69, 9.17) is 23.7 Å². The van der Waals surface area contributed by atoms with Crippen molar-refractivity contribution in [1.82, 2.24) is 5.32 Å². The molecular weight excluding hydrogens is 826 g/mol. The molecule has 2 aliphatic heterocycles. The Bertz CT molecular complexity index is 2080. The zero-order chi connectivity index (χ0) is 46.0. The number of ether oxygens (including phenoxy) is 5. The second-order valence-electron chi connectivity index (χ2n) is 18.3. The zero-order valence-electron chi connectivity index (χ0n) is 35.6. The SMILES string of the molecule is CC1=C2C(O)C(=O)[C@]3(C)C(OC(=O)COC4OC(CO)C(O)C(O)C4O)CC4OC[C@@]4(O)C3C(C)C(O)(CC1OC(=O)C(O)C(NC(=O)c1ccccc1)c1ccccc1)C2(C)C. The average molecular weight is 884 g/mol. The molecule has 16 atom stereocenters. The third-order valence-electron chi connectivity index (χ3n) is 14.6. The van der Waals surface area contributed by atoms with Crippen LogP contribution in [0.25, 0.3) is 0 Å². The lowest BCUT2D eigenvalue weighted by molar-refractivity contribution is -0.337. The van der Waals surface area contributed by atoms with Crippen LogP contribution in [0.1, 0.15) is 69.4 Å². The lowest BCUT2D eigenvalue weighted by Crippen LogP contribution is -2.79. The fourth-order valence-corrected chi connectivity index (χ4v) is 11.0. The van der Waals surface area contributed by atoms with Gasteiger partial charge in [0.25, 0.3) is 5.91 Å². The average Bonchev–Trinajstić information content (AvgIpc) is 3.26. The summed E-state index contributed by atoms with van der Waals surface area (Å²) in [6, 6.07) is 15.2. The number of fused-ring (bicyclic) bond motifs is 5. The van der Waals surface area contributed by atoms with E-state index in [1.54, 1.807) is 81.4 Å². The van der Waals surface area contributed by atoms with E-state index >= 15 is 4.79 Å². The van der Waals surface area contributed by atoms with Gasteiger partial charge < -0.3 is 69.9 Å². The minimum absolute atomic E-state index is 0.0204. The fourth-order valence-electron chi connectivity index (χ4n) is 11.0. The number of nitrogens with one attached hydrogen (secondary N) is 1. The highest BCUT2D eigenvalue weighted by Crippen LogP contribution is 2.65. The largest absolute Gasteiger partial charge is 0.459 e. The highest BCUT2D eigenvalue weighted by Gasteiger charge is 2.75. The van der Waals surface area contributed by atoms with Crippen molar-refractivity contribution in [2.45, 2.75) is 126 Å². The van der Waals surface area contributed by atoms with Gasteiger partial charge in [-0.2, -0.15) is 0 Å². The number of hydrogen-bond donors (Lipinski definition) is 9. The highest BCUT2D eigenvalue weighted by molar-refractivity contribution is 5.95. The number of rotatable bonds is 11. The van der Waals surface area contributed by atoms with E-state index < -0.39 is 138 Å². The Morgan fingerprint density at radius 3 is 2.16 bits per heavy atom. The normalized spacial score (nSPS) is 39.3. The molecule has 2 aromatic carbocycles. The van der Waals surface area contributed by atoms with E-state index in [2.05, 4.69) is 5.32 Å². The molecule has 4 fully saturated rings. The summed E-state index contributed by atoms with van der Waals surface area (Å²) in [5.41, 5.74) is -6.16. The van der Waals surface area contributed by atoms with Crippen LogP contribution in [0.5, 0.6) is 0 Å². The van der Waals surface area contributed by atoms with Gasteiger partial charge in [0.05, 0.1) is 36.4 Å².